The largest absolute Gasteiger partial charge is 0.353 e. The molecule has 1 unspecified atom stereocenters. The molecular weight excluding hydrogens is 347 g/mol. The van der Waals surface area contributed by atoms with Crippen LogP contribution in [0.3, 0.4) is 0 Å². The Hall–Kier alpha value is -1.30. The van der Waals surface area contributed by atoms with Gasteiger partial charge in [0.2, 0.25) is 5.91 Å². The van der Waals surface area contributed by atoms with Gasteiger partial charge < -0.3 is 15.2 Å². The SMILES string of the molecule is CCC1(C(=O)NCCn2c(C)nc3ccccc32)CCCN1.Cl.Cl. The molecule has 1 aromatic heterocycles. The molecule has 1 saturated heterocycles. The number of halogens is 2. The van der Waals surface area contributed by atoms with Crippen LogP contribution in [-0.2, 0) is 11.3 Å². The summed E-state index contributed by atoms with van der Waals surface area (Å²) in [5.41, 5.74) is 1.78. The first kappa shape index (κ1) is 20.7. The third-order valence-electron chi connectivity index (χ3n) is 4.75. The Morgan fingerprint density at radius 1 is 1.38 bits per heavy atom. The maximum Gasteiger partial charge on any atom is 0.240 e. The van der Waals surface area contributed by atoms with Crippen LogP contribution in [0.1, 0.15) is 32.0 Å². The minimum atomic E-state index is -0.355. The van der Waals surface area contributed by atoms with Gasteiger partial charge in [0.15, 0.2) is 0 Å². The number of carbonyl (C=O) groups excluding carboxylic acids is 1. The minimum absolute atomic E-state index is 0. The lowest BCUT2D eigenvalue weighted by molar-refractivity contribution is -0.127. The van der Waals surface area contributed by atoms with Crippen molar-refractivity contribution >= 4 is 41.8 Å². The lowest BCUT2D eigenvalue weighted by Crippen LogP contribution is -2.53. The molecular formula is C17H26Cl2N4O. The summed E-state index contributed by atoms with van der Waals surface area (Å²) in [6.07, 6.45) is 2.85. The third-order valence-corrected chi connectivity index (χ3v) is 4.75. The molecule has 1 aromatic carbocycles. The Labute approximate surface area is 155 Å². The minimum Gasteiger partial charge on any atom is -0.353 e. The summed E-state index contributed by atoms with van der Waals surface area (Å²) in [6.45, 7) is 6.40. The molecule has 1 aliphatic rings. The predicted molar refractivity (Wildman–Crippen MR) is 102 cm³/mol. The van der Waals surface area contributed by atoms with Crippen molar-refractivity contribution in [2.24, 2.45) is 0 Å². The topological polar surface area (TPSA) is 59.0 Å². The second-order valence-electron chi connectivity index (χ2n) is 6.02. The van der Waals surface area contributed by atoms with Crippen LogP contribution in [0.4, 0.5) is 0 Å². The molecule has 5 nitrogen and oxygen atoms in total. The number of aryl methyl sites for hydroxylation is 1. The molecule has 1 fully saturated rings. The molecule has 1 amide bonds. The monoisotopic (exact) mass is 372 g/mol. The van der Waals surface area contributed by atoms with Crippen LogP contribution in [0, 0.1) is 6.92 Å². The van der Waals surface area contributed by atoms with E-state index in [1.807, 2.05) is 25.1 Å². The van der Waals surface area contributed by atoms with Crippen LogP contribution in [0.2, 0.25) is 0 Å². The van der Waals surface area contributed by atoms with Crippen molar-refractivity contribution in [2.75, 3.05) is 13.1 Å². The van der Waals surface area contributed by atoms with E-state index >= 15 is 0 Å². The van der Waals surface area contributed by atoms with Gasteiger partial charge in [-0.25, -0.2) is 4.98 Å². The van der Waals surface area contributed by atoms with Gasteiger partial charge in [0.1, 0.15) is 5.82 Å². The maximum absolute atomic E-state index is 12.5. The number of benzene rings is 1. The van der Waals surface area contributed by atoms with Gasteiger partial charge >= 0.3 is 0 Å². The second-order valence-corrected chi connectivity index (χ2v) is 6.02. The standard InChI is InChI=1S/C17H24N4O.2ClH/c1-3-17(9-6-10-19-17)16(22)18-11-12-21-13(2)20-14-7-4-5-8-15(14)21;;/h4-5,7-8,19H,3,6,9-12H2,1-2H3,(H,18,22);2*1H. The van der Waals surface area contributed by atoms with Crippen LogP contribution in [0.15, 0.2) is 24.3 Å². The first-order valence-corrected chi connectivity index (χ1v) is 8.11. The van der Waals surface area contributed by atoms with Crippen molar-refractivity contribution in [3.05, 3.63) is 30.1 Å². The second kappa shape index (κ2) is 8.70. The van der Waals surface area contributed by atoms with E-state index in [0.717, 1.165) is 49.2 Å². The molecule has 0 saturated carbocycles. The predicted octanol–water partition coefficient (Wildman–Crippen LogP) is 2.84. The number of imidazole rings is 1. The molecule has 2 aromatic rings. The molecule has 24 heavy (non-hydrogen) atoms. The zero-order chi connectivity index (χ0) is 15.6. The van der Waals surface area contributed by atoms with Crippen molar-refractivity contribution in [1.82, 2.24) is 20.2 Å². The molecule has 7 heteroatoms. The number of fused-ring (bicyclic) bond motifs is 1. The zero-order valence-electron chi connectivity index (χ0n) is 14.2. The summed E-state index contributed by atoms with van der Waals surface area (Å²) in [6, 6.07) is 8.11. The van der Waals surface area contributed by atoms with E-state index in [-0.39, 0.29) is 36.3 Å². The lowest BCUT2D eigenvalue weighted by Gasteiger charge is -2.26. The van der Waals surface area contributed by atoms with Crippen molar-refractivity contribution in [2.45, 2.75) is 45.2 Å². The summed E-state index contributed by atoms with van der Waals surface area (Å²) < 4.78 is 2.16. The number of nitrogens with one attached hydrogen (secondary N) is 2. The van der Waals surface area contributed by atoms with Crippen LogP contribution in [0.25, 0.3) is 11.0 Å². The van der Waals surface area contributed by atoms with Gasteiger partial charge in [0.05, 0.1) is 16.6 Å². The normalized spacial score (nSPS) is 19.6. The molecule has 0 spiro atoms. The Kier molecular flexibility index (Phi) is 7.52. The van der Waals surface area contributed by atoms with Crippen molar-refractivity contribution < 1.29 is 4.79 Å². The zero-order valence-corrected chi connectivity index (χ0v) is 15.8. The Bertz CT molecular complexity index is 680. The molecule has 1 atom stereocenters. The van der Waals surface area contributed by atoms with E-state index in [9.17, 15) is 4.79 Å². The van der Waals surface area contributed by atoms with Crippen LogP contribution >= 0.6 is 24.8 Å². The first-order chi connectivity index (χ1) is 10.7. The summed E-state index contributed by atoms with van der Waals surface area (Å²) in [5.74, 6) is 1.12. The average Bonchev–Trinajstić information content (AvgIpc) is 3.13. The highest BCUT2D eigenvalue weighted by Crippen LogP contribution is 2.23. The smallest absolute Gasteiger partial charge is 0.240 e. The molecule has 134 valence electrons. The molecule has 0 radical (unpaired) electrons. The third kappa shape index (κ3) is 3.85. The molecule has 1 aliphatic heterocycles. The van der Waals surface area contributed by atoms with Gasteiger partial charge in [-0.15, -0.1) is 24.8 Å². The molecule has 2 N–H and O–H groups in total. The van der Waals surface area contributed by atoms with E-state index in [4.69, 9.17) is 0 Å². The maximum atomic E-state index is 12.5. The van der Waals surface area contributed by atoms with Gasteiger partial charge in [-0.3, -0.25) is 4.79 Å². The first-order valence-electron chi connectivity index (χ1n) is 8.11. The van der Waals surface area contributed by atoms with E-state index < -0.39 is 0 Å². The summed E-state index contributed by atoms with van der Waals surface area (Å²) in [7, 11) is 0. The lowest BCUT2D eigenvalue weighted by atomic mass is 9.93. The highest BCUT2D eigenvalue weighted by Gasteiger charge is 2.38. The number of para-hydroxylation sites is 2. The van der Waals surface area contributed by atoms with Crippen molar-refractivity contribution in [3.63, 3.8) is 0 Å². The fourth-order valence-corrected chi connectivity index (χ4v) is 3.39. The highest BCUT2D eigenvalue weighted by atomic mass is 35.5. The van der Waals surface area contributed by atoms with E-state index in [0.29, 0.717) is 6.54 Å². The fraction of sp³-hybridized carbons (Fsp3) is 0.529. The van der Waals surface area contributed by atoms with Gasteiger partial charge in [0, 0.05) is 13.1 Å². The number of hydrogen-bond donors (Lipinski definition) is 2. The highest BCUT2D eigenvalue weighted by molar-refractivity contribution is 5.86. The van der Waals surface area contributed by atoms with Crippen LogP contribution < -0.4 is 10.6 Å². The van der Waals surface area contributed by atoms with Gasteiger partial charge in [0.25, 0.3) is 0 Å². The molecule has 0 aliphatic carbocycles. The number of hydrogen-bond acceptors (Lipinski definition) is 3. The summed E-state index contributed by atoms with van der Waals surface area (Å²) in [5, 5.41) is 6.47. The van der Waals surface area contributed by atoms with E-state index in [1.165, 1.54) is 0 Å². The Morgan fingerprint density at radius 3 is 2.79 bits per heavy atom. The molecule has 3 rings (SSSR count). The number of amides is 1. The fourth-order valence-electron chi connectivity index (χ4n) is 3.39. The van der Waals surface area contributed by atoms with Gasteiger partial charge in [-0.2, -0.15) is 0 Å². The number of rotatable bonds is 5. The molecule has 2 heterocycles. The number of aromatic nitrogens is 2. The van der Waals surface area contributed by atoms with Crippen LogP contribution in [-0.4, -0.2) is 34.1 Å². The number of nitrogens with zero attached hydrogens (tertiary/aromatic N) is 2. The number of carbonyl (C=O) groups is 1. The Morgan fingerprint density at radius 2 is 2.12 bits per heavy atom. The van der Waals surface area contributed by atoms with E-state index in [2.05, 4.69) is 33.2 Å². The summed E-state index contributed by atoms with van der Waals surface area (Å²) >= 11 is 0. The van der Waals surface area contributed by atoms with Crippen LogP contribution in [0.5, 0.6) is 0 Å². The summed E-state index contributed by atoms with van der Waals surface area (Å²) in [4.78, 5) is 17.0. The quantitative estimate of drug-likeness (QED) is 0.848. The molecule has 0 bridgehead atoms. The van der Waals surface area contributed by atoms with Gasteiger partial charge in [-0.1, -0.05) is 19.1 Å². The van der Waals surface area contributed by atoms with E-state index in [1.54, 1.807) is 0 Å². The Balaban J connectivity index is 0.00000144. The van der Waals surface area contributed by atoms with Crippen molar-refractivity contribution in [3.8, 4) is 0 Å². The van der Waals surface area contributed by atoms with Gasteiger partial charge in [-0.05, 0) is 44.9 Å². The van der Waals surface area contributed by atoms with Crippen molar-refractivity contribution in [1.29, 1.82) is 0 Å². The average molecular weight is 373 g/mol.